The first-order valence-corrected chi connectivity index (χ1v) is 11.7. The molecule has 0 amide bonds. The summed E-state index contributed by atoms with van der Waals surface area (Å²) in [6.45, 7) is -0.263. The van der Waals surface area contributed by atoms with Gasteiger partial charge in [-0.2, -0.15) is 35.5 Å². The summed E-state index contributed by atoms with van der Waals surface area (Å²) in [5, 5.41) is 0. The molecule has 1 aromatic heterocycles. The van der Waals surface area contributed by atoms with E-state index < -0.39 is 23.5 Å². The summed E-state index contributed by atoms with van der Waals surface area (Å²) in [6.07, 6.45) is -8.98. The summed E-state index contributed by atoms with van der Waals surface area (Å²) >= 11 is 6.19. The van der Waals surface area contributed by atoms with Gasteiger partial charge in [0.1, 0.15) is 22.5 Å². The third-order valence-corrected chi connectivity index (χ3v) is 6.47. The van der Waals surface area contributed by atoms with Crippen molar-refractivity contribution in [2.45, 2.75) is 25.8 Å². The molecule has 36 heavy (non-hydrogen) atoms. The second-order valence-electron chi connectivity index (χ2n) is 7.54. The monoisotopic (exact) mass is 638 g/mol. The zero-order chi connectivity index (χ0) is 26.3. The lowest BCUT2D eigenvalue weighted by molar-refractivity contribution is -0.687. The van der Waals surface area contributed by atoms with Gasteiger partial charge in [0.15, 0.2) is 0 Å². The number of ether oxygens (including phenoxy) is 2. The summed E-state index contributed by atoms with van der Waals surface area (Å²) in [7, 11) is 0. The summed E-state index contributed by atoms with van der Waals surface area (Å²) in [5.41, 5.74) is 5.98. The van der Waals surface area contributed by atoms with E-state index in [2.05, 4.69) is 31.9 Å². The second-order valence-corrected chi connectivity index (χ2v) is 9.24. The van der Waals surface area contributed by atoms with Gasteiger partial charge in [-0.05, 0) is 80.4 Å². The summed E-state index contributed by atoms with van der Waals surface area (Å²) in [5.74, 6) is 0.551. The number of nitrogen functional groups attached to an aromatic ring is 1. The Morgan fingerprint density at radius 2 is 1.31 bits per heavy atom. The molecule has 0 saturated carbocycles. The number of fused-ring (bicyclic) bond motifs is 1. The highest BCUT2D eigenvalue weighted by Crippen LogP contribution is 2.36. The number of rotatable bonds is 6. The maximum Gasteiger partial charge on any atom is 0.416 e. The molecule has 0 aliphatic carbocycles. The molecule has 0 fully saturated rings. The van der Waals surface area contributed by atoms with Crippen LogP contribution in [0.25, 0.3) is 11.0 Å². The Morgan fingerprint density at radius 3 is 1.83 bits per heavy atom. The Labute approximate surface area is 217 Å². The van der Waals surface area contributed by atoms with Gasteiger partial charge in [-0.15, -0.1) is 0 Å². The fourth-order valence-electron chi connectivity index (χ4n) is 3.44. The van der Waals surface area contributed by atoms with Crippen molar-refractivity contribution in [1.29, 1.82) is 0 Å². The third-order valence-electron chi connectivity index (χ3n) is 5.23. The van der Waals surface area contributed by atoms with Gasteiger partial charge >= 0.3 is 18.3 Å². The lowest BCUT2D eigenvalue weighted by atomic mass is 10.2. The molecule has 0 unspecified atom stereocenters. The van der Waals surface area contributed by atoms with Gasteiger partial charge in [-0.3, -0.25) is 5.73 Å². The molecule has 0 radical (unpaired) electrons. The molecular formula is C23H16Br2F6N3O2+. The van der Waals surface area contributed by atoms with E-state index in [4.69, 9.17) is 15.2 Å². The maximum atomic E-state index is 12.9. The van der Waals surface area contributed by atoms with Crippen LogP contribution in [0.4, 0.5) is 32.3 Å². The van der Waals surface area contributed by atoms with Crippen molar-refractivity contribution in [3.63, 3.8) is 0 Å². The van der Waals surface area contributed by atoms with Crippen LogP contribution in [0.3, 0.4) is 0 Å². The highest BCUT2D eigenvalue weighted by Gasteiger charge is 2.32. The first kappa shape index (κ1) is 26.1. The molecule has 2 N–H and O–H groups in total. The van der Waals surface area contributed by atoms with Crippen LogP contribution in [0.5, 0.6) is 11.5 Å². The van der Waals surface area contributed by atoms with Gasteiger partial charge < -0.3 is 9.47 Å². The molecule has 4 rings (SSSR count). The van der Waals surface area contributed by atoms with E-state index in [-0.39, 0.29) is 39.9 Å². The van der Waals surface area contributed by atoms with E-state index in [0.29, 0.717) is 11.0 Å². The predicted molar refractivity (Wildman–Crippen MR) is 126 cm³/mol. The van der Waals surface area contributed by atoms with Gasteiger partial charge in [-0.1, -0.05) is 12.1 Å². The van der Waals surface area contributed by atoms with Crippen LogP contribution in [0, 0.1) is 0 Å². The second kappa shape index (κ2) is 9.85. The summed E-state index contributed by atoms with van der Waals surface area (Å²) in [6, 6.07) is 13.1. The van der Waals surface area contributed by atoms with Crippen molar-refractivity contribution in [1.82, 2.24) is 4.57 Å². The van der Waals surface area contributed by atoms with E-state index >= 15 is 0 Å². The van der Waals surface area contributed by atoms with Gasteiger partial charge in [0.2, 0.25) is 13.5 Å². The minimum Gasteiger partial charge on any atom is -0.459 e. The molecule has 4 aromatic rings. The Morgan fingerprint density at radius 1 is 0.778 bits per heavy atom. The number of anilines is 1. The standard InChI is InChI=1S/C23H15Br2F6N3O2/c24-15-9-13(22(26,27)28)5-7-19(15)35-11-33-17-3-1-2-4-18(17)34(21(33)32)12-36-20-8-6-14(10-16(20)25)23(29,30)31/h1-10,32H,11-12H2/p+1. The maximum absolute atomic E-state index is 12.9. The molecule has 5 nitrogen and oxygen atoms in total. The Bertz CT molecular complexity index is 1320. The van der Waals surface area contributed by atoms with Crippen LogP contribution in [0.2, 0.25) is 0 Å². The molecular weight excluding hydrogens is 624 g/mol. The topological polar surface area (TPSA) is 53.3 Å². The molecule has 1 heterocycles. The summed E-state index contributed by atoms with van der Waals surface area (Å²) in [4.78, 5) is 0. The first-order valence-electron chi connectivity index (χ1n) is 10.1. The fraction of sp³-hybridized carbons (Fsp3) is 0.174. The van der Waals surface area contributed by atoms with Gasteiger partial charge in [0, 0.05) is 0 Å². The van der Waals surface area contributed by atoms with Crippen molar-refractivity contribution in [2.24, 2.45) is 0 Å². The number of imidazole rings is 1. The number of hydrogen-bond acceptors (Lipinski definition) is 3. The average molecular weight is 640 g/mol. The van der Waals surface area contributed by atoms with E-state index in [1.54, 1.807) is 33.4 Å². The van der Waals surface area contributed by atoms with Crippen molar-refractivity contribution in [3.05, 3.63) is 80.7 Å². The minimum absolute atomic E-state index is 0.121. The van der Waals surface area contributed by atoms with Crippen LogP contribution in [-0.2, 0) is 25.8 Å². The molecule has 0 aliphatic rings. The first-order chi connectivity index (χ1) is 16.9. The van der Waals surface area contributed by atoms with Crippen LogP contribution < -0.4 is 19.8 Å². The normalized spacial score (nSPS) is 12.2. The largest absolute Gasteiger partial charge is 0.459 e. The molecule has 0 spiro atoms. The fourth-order valence-corrected chi connectivity index (χ4v) is 4.43. The lowest BCUT2D eigenvalue weighted by Gasteiger charge is -2.12. The SMILES string of the molecule is Nc1n(COc2ccc(C(F)(F)F)cc2Br)c2ccccc2[n+]1COc1ccc(C(F)(F)F)cc1Br. The number of benzene rings is 3. The molecule has 0 bridgehead atoms. The predicted octanol–water partition coefficient (Wildman–Crippen LogP) is 7.15. The highest BCUT2D eigenvalue weighted by molar-refractivity contribution is 9.10. The van der Waals surface area contributed by atoms with E-state index in [1.807, 2.05) is 0 Å². The van der Waals surface area contributed by atoms with Crippen molar-refractivity contribution >= 4 is 48.8 Å². The highest BCUT2D eigenvalue weighted by atomic mass is 79.9. The van der Waals surface area contributed by atoms with Gasteiger partial charge in [0.05, 0.1) is 20.1 Å². The van der Waals surface area contributed by atoms with E-state index in [0.717, 1.165) is 24.3 Å². The summed E-state index contributed by atoms with van der Waals surface area (Å²) < 4.78 is 92.4. The van der Waals surface area contributed by atoms with Gasteiger partial charge in [-0.25, -0.2) is 0 Å². The smallest absolute Gasteiger partial charge is 0.416 e. The molecule has 0 saturated heterocycles. The molecule has 3 aromatic carbocycles. The number of halogens is 8. The Hall–Kier alpha value is -2.93. The molecule has 0 aliphatic heterocycles. The van der Waals surface area contributed by atoms with Crippen LogP contribution >= 0.6 is 31.9 Å². The quantitative estimate of drug-likeness (QED) is 0.180. The zero-order valence-corrected chi connectivity index (χ0v) is 21.2. The zero-order valence-electron chi connectivity index (χ0n) is 18.0. The molecule has 190 valence electrons. The lowest BCUT2D eigenvalue weighted by Crippen LogP contribution is -2.39. The number of hydrogen-bond donors (Lipinski definition) is 1. The van der Waals surface area contributed by atoms with Crippen molar-refractivity contribution < 1.29 is 40.4 Å². The number of nitrogens with zero attached hydrogens (tertiary/aromatic N) is 2. The van der Waals surface area contributed by atoms with Crippen LogP contribution in [-0.4, -0.2) is 4.57 Å². The van der Waals surface area contributed by atoms with Crippen molar-refractivity contribution in [2.75, 3.05) is 5.73 Å². The van der Waals surface area contributed by atoms with E-state index in [1.165, 1.54) is 12.1 Å². The minimum atomic E-state index is -4.49. The Kier molecular flexibility index (Phi) is 7.15. The average Bonchev–Trinajstić information content (AvgIpc) is 3.06. The van der Waals surface area contributed by atoms with Crippen molar-refractivity contribution in [3.8, 4) is 11.5 Å². The third kappa shape index (κ3) is 5.41. The number of aromatic nitrogens is 2. The van der Waals surface area contributed by atoms with Crippen LogP contribution in [0.1, 0.15) is 11.1 Å². The Balaban J connectivity index is 1.58. The molecule has 13 heteroatoms. The number of alkyl halides is 6. The number of para-hydroxylation sites is 2. The van der Waals surface area contributed by atoms with Crippen LogP contribution in [0.15, 0.2) is 69.6 Å². The molecule has 0 atom stereocenters. The number of nitrogens with two attached hydrogens (primary N) is 1. The van der Waals surface area contributed by atoms with Gasteiger partial charge in [0.25, 0.3) is 0 Å². The van der Waals surface area contributed by atoms with E-state index in [9.17, 15) is 26.3 Å².